The first-order valence-electron chi connectivity index (χ1n) is 3.25. The zero-order chi connectivity index (χ0) is 5.98. The van der Waals surface area contributed by atoms with Crippen molar-refractivity contribution >= 4 is 12.4 Å². The van der Waals surface area contributed by atoms with Gasteiger partial charge in [0.15, 0.2) is 0 Å². The highest BCUT2D eigenvalue weighted by atomic mass is 35.5. The molecule has 0 bridgehead atoms. The Morgan fingerprint density at radius 1 is 1.67 bits per heavy atom. The fourth-order valence-corrected chi connectivity index (χ4v) is 1.28. The Morgan fingerprint density at radius 2 is 2.33 bits per heavy atom. The Balaban J connectivity index is 0.000000640. The monoisotopic (exact) mass is 150 g/mol. The first kappa shape index (κ1) is 9.21. The number of rotatable bonds is 1. The summed E-state index contributed by atoms with van der Waals surface area (Å²) >= 11 is 0. The minimum atomic E-state index is 0. The molecule has 0 aromatic rings. The summed E-state index contributed by atoms with van der Waals surface area (Å²) in [6.07, 6.45) is 2.63. The SMILES string of the molecule is CN1CCC[C@@H]1CN.Cl. The molecule has 1 aliphatic rings. The van der Waals surface area contributed by atoms with Gasteiger partial charge in [-0.05, 0) is 26.4 Å². The van der Waals surface area contributed by atoms with E-state index in [1.54, 1.807) is 0 Å². The molecule has 2 nitrogen and oxygen atoms in total. The standard InChI is InChI=1S/C6H14N2.ClH/c1-8-4-2-3-6(8)5-7;/h6H,2-5,7H2,1H3;1H/t6-;/m1./s1. The summed E-state index contributed by atoms with van der Waals surface area (Å²) in [6.45, 7) is 2.07. The molecule has 1 saturated heterocycles. The first-order valence-corrected chi connectivity index (χ1v) is 3.25. The van der Waals surface area contributed by atoms with E-state index in [-0.39, 0.29) is 12.4 Å². The lowest BCUT2D eigenvalue weighted by Crippen LogP contribution is -2.31. The Bertz CT molecular complexity index is 77.5. The molecule has 0 unspecified atom stereocenters. The Labute approximate surface area is 62.8 Å². The van der Waals surface area contributed by atoms with Crippen LogP contribution in [-0.4, -0.2) is 31.1 Å². The van der Waals surface area contributed by atoms with Crippen LogP contribution in [0.2, 0.25) is 0 Å². The van der Waals surface area contributed by atoms with Crippen LogP contribution in [0.1, 0.15) is 12.8 Å². The summed E-state index contributed by atoms with van der Waals surface area (Å²) in [5.74, 6) is 0. The van der Waals surface area contributed by atoms with E-state index in [9.17, 15) is 0 Å². The van der Waals surface area contributed by atoms with E-state index < -0.39 is 0 Å². The van der Waals surface area contributed by atoms with E-state index in [2.05, 4.69) is 11.9 Å². The normalized spacial score (nSPS) is 28.0. The fraction of sp³-hybridized carbons (Fsp3) is 1.00. The summed E-state index contributed by atoms with van der Waals surface area (Å²) in [7, 11) is 2.14. The second-order valence-electron chi connectivity index (χ2n) is 2.51. The number of hydrogen-bond donors (Lipinski definition) is 1. The van der Waals surface area contributed by atoms with Crippen molar-refractivity contribution in [1.29, 1.82) is 0 Å². The van der Waals surface area contributed by atoms with Gasteiger partial charge >= 0.3 is 0 Å². The van der Waals surface area contributed by atoms with Crippen molar-refractivity contribution in [3.05, 3.63) is 0 Å². The number of halogens is 1. The highest BCUT2D eigenvalue weighted by Crippen LogP contribution is 2.12. The Morgan fingerprint density at radius 3 is 2.56 bits per heavy atom. The van der Waals surface area contributed by atoms with Crippen LogP contribution in [0.3, 0.4) is 0 Å². The van der Waals surface area contributed by atoms with Gasteiger partial charge in [-0.3, -0.25) is 0 Å². The quantitative estimate of drug-likeness (QED) is 0.589. The van der Waals surface area contributed by atoms with Crippen molar-refractivity contribution in [3.8, 4) is 0 Å². The molecule has 1 rings (SSSR count). The molecule has 1 aliphatic heterocycles. The third-order valence-corrected chi connectivity index (χ3v) is 1.94. The predicted octanol–water partition coefficient (Wildman–Crippen LogP) is 0.461. The molecule has 0 aromatic carbocycles. The molecule has 3 heteroatoms. The second kappa shape index (κ2) is 4.09. The van der Waals surface area contributed by atoms with Crippen LogP contribution >= 0.6 is 12.4 Å². The molecule has 0 aliphatic carbocycles. The van der Waals surface area contributed by atoms with Crippen LogP contribution in [0, 0.1) is 0 Å². The summed E-state index contributed by atoms with van der Waals surface area (Å²) < 4.78 is 0. The maximum atomic E-state index is 5.48. The van der Waals surface area contributed by atoms with Gasteiger partial charge in [0.2, 0.25) is 0 Å². The van der Waals surface area contributed by atoms with Gasteiger partial charge in [0, 0.05) is 12.6 Å². The molecule has 0 radical (unpaired) electrons. The molecule has 1 atom stereocenters. The second-order valence-corrected chi connectivity index (χ2v) is 2.51. The van der Waals surface area contributed by atoms with Gasteiger partial charge in [-0.1, -0.05) is 0 Å². The topological polar surface area (TPSA) is 29.3 Å². The Hall–Kier alpha value is 0.210. The van der Waals surface area contributed by atoms with E-state index in [4.69, 9.17) is 5.73 Å². The number of hydrogen-bond acceptors (Lipinski definition) is 2. The van der Waals surface area contributed by atoms with E-state index in [0.717, 1.165) is 6.54 Å². The van der Waals surface area contributed by atoms with Crippen LogP contribution in [0.15, 0.2) is 0 Å². The molecule has 2 N–H and O–H groups in total. The van der Waals surface area contributed by atoms with Gasteiger partial charge in [0.1, 0.15) is 0 Å². The van der Waals surface area contributed by atoms with Gasteiger partial charge < -0.3 is 10.6 Å². The van der Waals surface area contributed by atoms with Crippen LogP contribution in [0.25, 0.3) is 0 Å². The molecular formula is C6H15ClN2. The largest absolute Gasteiger partial charge is 0.329 e. The van der Waals surface area contributed by atoms with E-state index in [0.29, 0.717) is 6.04 Å². The molecule has 9 heavy (non-hydrogen) atoms. The molecule has 0 aromatic heterocycles. The summed E-state index contributed by atoms with van der Waals surface area (Å²) in [4.78, 5) is 2.33. The molecule has 0 spiro atoms. The third-order valence-electron chi connectivity index (χ3n) is 1.94. The summed E-state index contributed by atoms with van der Waals surface area (Å²) in [6, 6.07) is 0.676. The average molecular weight is 151 g/mol. The molecule has 1 fully saturated rings. The van der Waals surface area contributed by atoms with Crippen molar-refractivity contribution in [3.63, 3.8) is 0 Å². The lowest BCUT2D eigenvalue weighted by molar-refractivity contribution is 0.317. The van der Waals surface area contributed by atoms with Crippen LogP contribution in [0.4, 0.5) is 0 Å². The van der Waals surface area contributed by atoms with Crippen molar-refractivity contribution in [2.24, 2.45) is 5.73 Å². The van der Waals surface area contributed by atoms with Gasteiger partial charge in [-0.15, -0.1) is 12.4 Å². The number of nitrogens with two attached hydrogens (primary N) is 1. The van der Waals surface area contributed by atoms with Gasteiger partial charge in [0.25, 0.3) is 0 Å². The summed E-state index contributed by atoms with van der Waals surface area (Å²) in [5, 5.41) is 0. The number of likely N-dealkylation sites (N-methyl/N-ethyl adjacent to an activating group) is 1. The van der Waals surface area contributed by atoms with E-state index in [1.807, 2.05) is 0 Å². The summed E-state index contributed by atoms with van der Waals surface area (Å²) in [5.41, 5.74) is 5.48. The van der Waals surface area contributed by atoms with Crippen molar-refractivity contribution in [2.75, 3.05) is 20.1 Å². The van der Waals surface area contributed by atoms with Gasteiger partial charge in [-0.2, -0.15) is 0 Å². The molecule has 1 heterocycles. The van der Waals surface area contributed by atoms with Crippen LogP contribution in [-0.2, 0) is 0 Å². The van der Waals surface area contributed by atoms with E-state index >= 15 is 0 Å². The van der Waals surface area contributed by atoms with Gasteiger partial charge in [-0.25, -0.2) is 0 Å². The number of nitrogens with zero attached hydrogens (tertiary/aromatic N) is 1. The predicted molar refractivity (Wildman–Crippen MR) is 42.0 cm³/mol. The number of likely N-dealkylation sites (tertiary alicyclic amines) is 1. The zero-order valence-electron chi connectivity index (χ0n) is 5.84. The average Bonchev–Trinajstić information content (AvgIpc) is 2.14. The van der Waals surface area contributed by atoms with Crippen molar-refractivity contribution in [2.45, 2.75) is 18.9 Å². The molecule has 56 valence electrons. The fourth-order valence-electron chi connectivity index (χ4n) is 1.28. The zero-order valence-corrected chi connectivity index (χ0v) is 6.66. The molecule has 0 amide bonds. The maximum absolute atomic E-state index is 5.48. The van der Waals surface area contributed by atoms with Gasteiger partial charge in [0.05, 0.1) is 0 Å². The lowest BCUT2D eigenvalue weighted by Gasteiger charge is -2.15. The van der Waals surface area contributed by atoms with Crippen LogP contribution in [0.5, 0.6) is 0 Å². The van der Waals surface area contributed by atoms with E-state index in [1.165, 1.54) is 19.4 Å². The lowest BCUT2D eigenvalue weighted by atomic mass is 10.2. The molecule has 0 saturated carbocycles. The van der Waals surface area contributed by atoms with Crippen molar-refractivity contribution in [1.82, 2.24) is 4.90 Å². The smallest absolute Gasteiger partial charge is 0.0215 e. The van der Waals surface area contributed by atoms with Crippen molar-refractivity contribution < 1.29 is 0 Å². The highest BCUT2D eigenvalue weighted by molar-refractivity contribution is 5.85. The Kier molecular flexibility index (Phi) is 4.19. The minimum Gasteiger partial charge on any atom is -0.329 e. The first-order chi connectivity index (χ1) is 3.84. The maximum Gasteiger partial charge on any atom is 0.0215 e. The third kappa shape index (κ3) is 2.12. The highest BCUT2D eigenvalue weighted by Gasteiger charge is 2.17. The minimum absolute atomic E-state index is 0. The van der Waals surface area contributed by atoms with Crippen LogP contribution < -0.4 is 5.73 Å². The molecular weight excluding hydrogens is 136 g/mol.